The molecule has 2 aromatic rings. The lowest BCUT2D eigenvalue weighted by Crippen LogP contribution is -2.37. The van der Waals surface area contributed by atoms with Crippen LogP contribution in [-0.2, 0) is 11.2 Å². The number of carbonyl (C=O) groups excluding carboxylic acids is 1. The van der Waals surface area contributed by atoms with Gasteiger partial charge in [-0.3, -0.25) is 9.69 Å². The number of amides is 1. The van der Waals surface area contributed by atoms with Crippen LogP contribution >= 0.6 is 23.7 Å². The molecular formula is C18H23ClN2O4S. The number of hydrogen-bond acceptors (Lipinski definition) is 6. The number of thiophene rings is 1. The van der Waals surface area contributed by atoms with Gasteiger partial charge in [0.15, 0.2) is 11.5 Å². The first-order chi connectivity index (χ1) is 12.2. The van der Waals surface area contributed by atoms with Crippen molar-refractivity contribution in [3.63, 3.8) is 0 Å². The molecule has 1 fully saturated rings. The molecule has 142 valence electrons. The Morgan fingerprint density at radius 3 is 2.77 bits per heavy atom. The normalized spacial score (nSPS) is 14.5. The van der Waals surface area contributed by atoms with Gasteiger partial charge < -0.3 is 19.9 Å². The minimum atomic E-state index is -0.242. The predicted octanol–water partition coefficient (Wildman–Crippen LogP) is 3.01. The maximum atomic E-state index is 12.2. The zero-order valence-electron chi connectivity index (χ0n) is 14.6. The first kappa shape index (κ1) is 20.5. The molecule has 3 rings (SSSR count). The standard InChI is InChI=1S/C18H22N2O4S.ClH/c1-23-17-13(6-7-20-8-10-24-11-9-20)4-5-14(16(17)21)19-18(22)15-3-2-12-25-15;/h2-5,12,21H,6-11H2,1H3,(H,19,22);1H. The van der Waals surface area contributed by atoms with Crippen molar-refractivity contribution in [3.8, 4) is 11.5 Å². The van der Waals surface area contributed by atoms with Crippen LogP contribution in [0, 0.1) is 0 Å². The number of ether oxygens (including phenoxy) is 2. The number of rotatable bonds is 6. The lowest BCUT2D eigenvalue weighted by Gasteiger charge is -2.26. The van der Waals surface area contributed by atoms with Gasteiger partial charge >= 0.3 is 0 Å². The number of nitrogens with zero attached hydrogens (tertiary/aromatic N) is 1. The molecule has 6 nitrogen and oxygen atoms in total. The Balaban J connectivity index is 0.00000243. The van der Waals surface area contributed by atoms with E-state index < -0.39 is 0 Å². The quantitative estimate of drug-likeness (QED) is 0.732. The second kappa shape index (κ2) is 9.78. The molecular weight excluding hydrogens is 376 g/mol. The van der Waals surface area contributed by atoms with Crippen LogP contribution in [0.3, 0.4) is 0 Å². The lowest BCUT2D eigenvalue weighted by atomic mass is 10.1. The molecule has 2 N–H and O–H groups in total. The molecule has 26 heavy (non-hydrogen) atoms. The molecule has 0 atom stereocenters. The van der Waals surface area contributed by atoms with E-state index >= 15 is 0 Å². The van der Waals surface area contributed by atoms with Crippen LogP contribution in [0.4, 0.5) is 5.69 Å². The number of halogens is 1. The van der Waals surface area contributed by atoms with Crippen molar-refractivity contribution >= 4 is 35.3 Å². The summed E-state index contributed by atoms with van der Waals surface area (Å²) in [5.41, 5.74) is 1.27. The van der Waals surface area contributed by atoms with E-state index in [9.17, 15) is 9.90 Å². The molecule has 1 amide bonds. The molecule has 1 aliphatic heterocycles. The molecule has 2 heterocycles. The van der Waals surface area contributed by atoms with Crippen molar-refractivity contribution in [3.05, 3.63) is 40.1 Å². The predicted molar refractivity (Wildman–Crippen MR) is 105 cm³/mol. The van der Waals surface area contributed by atoms with E-state index in [4.69, 9.17) is 9.47 Å². The van der Waals surface area contributed by atoms with E-state index in [0.717, 1.165) is 44.8 Å². The summed E-state index contributed by atoms with van der Waals surface area (Å²) in [4.78, 5) is 15.1. The topological polar surface area (TPSA) is 71.0 Å². The Morgan fingerprint density at radius 2 is 2.12 bits per heavy atom. The second-order valence-electron chi connectivity index (χ2n) is 5.79. The summed E-state index contributed by atoms with van der Waals surface area (Å²) in [6, 6.07) is 7.17. The third kappa shape index (κ3) is 4.88. The summed E-state index contributed by atoms with van der Waals surface area (Å²) in [6.45, 7) is 4.23. The minimum absolute atomic E-state index is 0. The number of hydrogen-bond donors (Lipinski definition) is 2. The van der Waals surface area contributed by atoms with Crippen molar-refractivity contribution in [2.45, 2.75) is 6.42 Å². The Labute approximate surface area is 163 Å². The molecule has 8 heteroatoms. The fraction of sp³-hybridized carbons (Fsp3) is 0.389. The van der Waals surface area contributed by atoms with Crippen LogP contribution in [-0.4, -0.2) is 55.9 Å². The van der Waals surface area contributed by atoms with Crippen LogP contribution in [0.5, 0.6) is 11.5 Å². The highest BCUT2D eigenvalue weighted by Crippen LogP contribution is 2.38. The van der Waals surface area contributed by atoms with Crippen LogP contribution in [0.2, 0.25) is 0 Å². The number of anilines is 1. The highest BCUT2D eigenvalue weighted by atomic mass is 35.5. The van der Waals surface area contributed by atoms with Gasteiger partial charge in [0.1, 0.15) is 0 Å². The first-order valence-electron chi connectivity index (χ1n) is 8.23. The number of aromatic hydroxyl groups is 1. The fourth-order valence-electron chi connectivity index (χ4n) is 2.83. The molecule has 0 radical (unpaired) electrons. The Hall–Kier alpha value is -1.80. The van der Waals surface area contributed by atoms with Gasteiger partial charge in [0, 0.05) is 19.6 Å². The maximum absolute atomic E-state index is 12.2. The zero-order chi connectivity index (χ0) is 17.6. The van der Waals surface area contributed by atoms with E-state index in [1.807, 2.05) is 17.5 Å². The van der Waals surface area contributed by atoms with Gasteiger partial charge in [-0.2, -0.15) is 0 Å². The Bertz CT molecular complexity index is 718. The van der Waals surface area contributed by atoms with Crippen molar-refractivity contribution in [2.24, 2.45) is 0 Å². The highest BCUT2D eigenvalue weighted by molar-refractivity contribution is 7.12. The van der Waals surface area contributed by atoms with Crippen LogP contribution < -0.4 is 10.1 Å². The number of morpholine rings is 1. The summed E-state index contributed by atoms with van der Waals surface area (Å²) in [5.74, 6) is 0.137. The molecule has 0 aliphatic carbocycles. The highest BCUT2D eigenvalue weighted by Gasteiger charge is 2.17. The van der Waals surface area contributed by atoms with E-state index in [-0.39, 0.29) is 24.1 Å². The first-order valence-corrected chi connectivity index (χ1v) is 9.11. The van der Waals surface area contributed by atoms with E-state index in [2.05, 4.69) is 10.2 Å². The van der Waals surface area contributed by atoms with Crippen molar-refractivity contribution in [1.82, 2.24) is 4.90 Å². The summed E-state index contributed by atoms with van der Waals surface area (Å²) in [5, 5.41) is 15.1. The van der Waals surface area contributed by atoms with Crippen molar-refractivity contribution in [2.75, 3.05) is 45.3 Å². The molecule has 1 aromatic heterocycles. The number of carbonyl (C=O) groups is 1. The molecule has 1 aliphatic rings. The van der Waals surface area contributed by atoms with Gasteiger partial charge in [-0.1, -0.05) is 12.1 Å². The molecule has 0 spiro atoms. The van der Waals surface area contributed by atoms with E-state index in [1.165, 1.54) is 18.4 Å². The van der Waals surface area contributed by atoms with E-state index in [0.29, 0.717) is 16.3 Å². The summed E-state index contributed by atoms with van der Waals surface area (Å²) >= 11 is 1.35. The van der Waals surface area contributed by atoms with Crippen molar-refractivity contribution in [1.29, 1.82) is 0 Å². The Kier molecular flexibility index (Phi) is 7.71. The minimum Gasteiger partial charge on any atom is -0.503 e. The van der Waals surface area contributed by atoms with Crippen LogP contribution in [0.15, 0.2) is 29.6 Å². The third-order valence-corrected chi connectivity index (χ3v) is 5.08. The number of phenolic OH excluding ortho intramolecular Hbond substituents is 1. The maximum Gasteiger partial charge on any atom is 0.265 e. The number of benzene rings is 1. The summed E-state index contributed by atoms with van der Waals surface area (Å²) < 4.78 is 10.7. The van der Waals surface area contributed by atoms with Gasteiger partial charge in [-0.15, -0.1) is 23.7 Å². The van der Waals surface area contributed by atoms with Crippen molar-refractivity contribution < 1.29 is 19.4 Å². The van der Waals surface area contributed by atoms with E-state index in [1.54, 1.807) is 12.1 Å². The van der Waals surface area contributed by atoms with Gasteiger partial charge in [0.2, 0.25) is 0 Å². The summed E-state index contributed by atoms with van der Waals surface area (Å²) in [7, 11) is 1.53. The number of phenols is 1. The lowest BCUT2D eigenvalue weighted by molar-refractivity contribution is 0.0384. The Morgan fingerprint density at radius 1 is 1.35 bits per heavy atom. The second-order valence-corrected chi connectivity index (χ2v) is 6.74. The molecule has 1 aromatic carbocycles. The molecule has 0 unspecified atom stereocenters. The SMILES string of the molecule is COc1c(CCN2CCOCC2)ccc(NC(=O)c2cccs2)c1O.Cl. The summed E-state index contributed by atoms with van der Waals surface area (Å²) in [6.07, 6.45) is 0.760. The average Bonchev–Trinajstić information content (AvgIpc) is 3.17. The number of nitrogens with one attached hydrogen (secondary N) is 1. The van der Waals surface area contributed by atoms with Gasteiger partial charge in [0.05, 0.1) is 30.9 Å². The van der Waals surface area contributed by atoms with Crippen LogP contribution in [0.1, 0.15) is 15.2 Å². The van der Waals surface area contributed by atoms with Gasteiger partial charge in [0.25, 0.3) is 5.91 Å². The molecule has 1 saturated heterocycles. The average molecular weight is 399 g/mol. The number of methoxy groups -OCH3 is 1. The zero-order valence-corrected chi connectivity index (χ0v) is 16.2. The van der Waals surface area contributed by atoms with Gasteiger partial charge in [-0.25, -0.2) is 0 Å². The van der Waals surface area contributed by atoms with Gasteiger partial charge in [-0.05, 0) is 29.5 Å². The molecule has 0 saturated carbocycles. The largest absolute Gasteiger partial charge is 0.503 e. The monoisotopic (exact) mass is 398 g/mol. The smallest absolute Gasteiger partial charge is 0.265 e. The van der Waals surface area contributed by atoms with Crippen LogP contribution in [0.25, 0.3) is 0 Å². The third-order valence-electron chi connectivity index (χ3n) is 4.21. The fourth-order valence-corrected chi connectivity index (χ4v) is 3.45. The molecule has 0 bridgehead atoms.